The summed E-state index contributed by atoms with van der Waals surface area (Å²) in [4.78, 5) is 66.3. The van der Waals surface area contributed by atoms with Crippen LogP contribution in [0.25, 0.3) is 0 Å². The Bertz CT molecular complexity index is 1890. The first-order valence-electron chi connectivity index (χ1n) is 16.5. The molecule has 2 amide bonds. The summed E-state index contributed by atoms with van der Waals surface area (Å²) in [6, 6.07) is 33.8. The quantitative estimate of drug-likeness (QED) is 0.145. The highest BCUT2D eigenvalue weighted by molar-refractivity contribution is 8.00. The monoisotopic (exact) mass is 704 g/mol. The third kappa shape index (κ3) is 8.38. The molecule has 0 bridgehead atoms. The first-order valence-corrected chi connectivity index (χ1v) is 17.5. The second-order valence-electron chi connectivity index (χ2n) is 12.3. The number of carboxylic acids is 1. The molecule has 0 spiro atoms. The summed E-state index contributed by atoms with van der Waals surface area (Å²) in [6.45, 7) is 1.30. The van der Waals surface area contributed by atoms with Crippen molar-refractivity contribution in [3.63, 3.8) is 0 Å². The maximum Gasteiger partial charge on any atom is 0.356 e. The summed E-state index contributed by atoms with van der Waals surface area (Å²) in [5.41, 5.74) is 4.06. The average molecular weight is 705 g/mol. The molecule has 6 rings (SSSR count). The van der Waals surface area contributed by atoms with Crippen LogP contribution in [-0.4, -0.2) is 63.0 Å². The Labute approximate surface area is 299 Å². The molecular weight excluding hydrogens is 669 g/mol. The third-order valence-electron chi connectivity index (χ3n) is 8.64. The van der Waals surface area contributed by atoms with Crippen LogP contribution in [0.1, 0.15) is 40.8 Å². The van der Waals surface area contributed by atoms with Crippen molar-refractivity contribution in [1.82, 2.24) is 10.2 Å². The Morgan fingerprint density at radius 2 is 1.33 bits per heavy atom. The fourth-order valence-corrected chi connectivity index (χ4v) is 7.66. The molecule has 4 aromatic carbocycles. The van der Waals surface area contributed by atoms with Gasteiger partial charge in [-0.25, -0.2) is 4.79 Å². The van der Waals surface area contributed by atoms with E-state index in [1.807, 2.05) is 91.0 Å². The van der Waals surface area contributed by atoms with Crippen LogP contribution < -0.4 is 5.32 Å². The van der Waals surface area contributed by atoms with Crippen LogP contribution in [0, 0.1) is 0 Å². The van der Waals surface area contributed by atoms with Gasteiger partial charge in [0.15, 0.2) is 6.10 Å². The molecule has 1 fully saturated rings. The van der Waals surface area contributed by atoms with Gasteiger partial charge in [0, 0.05) is 24.7 Å². The van der Waals surface area contributed by atoms with Crippen LogP contribution in [-0.2, 0) is 52.7 Å². The SMILES string of the molecule is CC(=O)OC(Cc1ccccc1)C1=C(C(=O)OC(c2ccccc2)c2ccccc2)N2C(=O)[C@H](NC(=O)Cc3ccc(CC(=O)O)cc3)[C@H]2SC1. The van der Waals surface area contributed by atoms with E-state index < -0.39 is 53.3 Å². The summed E-state index contributed by atoms with van der Waals surface area (Å²) in [5, 5.41) is 11.2. The average Bonchev–Trinajstić information content (AvgIpc) is 3.13. The minimum atomic E-state index is -0.950. The van der Waals surface area contributed by atoms with Crippen LogP contribution in [0.5, 0.6) is 0 Å². The highest BCUT2D eigenvalue weighted by atomic mass is 32.2. The Hall–Kier alpha value is -5.68. The number of carboxylic acid groups (broad SMARTS) is 1. The molecule has 260 valence electrons. The fraction of sp³-hybridized carbons (Fsp3) is 0.225. The Morgan fingerprint density at radius 1 is 0.784 bits per heavy atom. The van der Waals surface area contributed by atoms with Gasteiger partial charge in [-0.05, 0) is 27.8 Å². The number of hydrogen-bond acceptors (Lipinski definition) is 8. The highest BCUT2D eigenvalue weighted by Crippen LogP contribution is 2.43. The Balaban J connectivity index is 1.30. The third-order valence-corrected chi connectivity index (χ3v) is 9.94. The maximum absolute atomic E-state index is 14.5. The number of amides is 2. The molecule has 2 aliphatic heterocycles. The van der Waals surface area contributed by atoms with Crippen molar-refractivity contribution in [3.05, 3.63) is 154 Å². The largest absolute Gasteiger partial charge is 0.481 e. The number of aliphatic carboxylic acids is 1. The summed E-state index contributed by atoms with van der Waals surface area (Å²) in [6.07, 6.45) is -1.54. The molecule has 2 aliphatic rings. The van der Waals surface area contributed by atoms with Gasteiger partial charge in [0.1, 0.15) is 23.2 Å². The van der Waals surface area contributed by atoms with Gasteiger partial charge >= 0.3 is 17.9 Å². The van der Waals surface area contributed by atoms with Crippen molar-refractivity contribution in [3.8, 4) is 0 Å². The molecule has 11 heteroatoms. The predicted octanol–water partition coefficient (Wildman–Crippen LogP) is 5.02. The summed E-state index contributed by atoms with van der Waals surface area (Å²) in [5.74, 6) is -2.88. The van der Waals surface area contributed by atoms with Gasteiger partial charge < -0.3 is 19.9 Å². The van der Waals surface area contributed by atoms with E-state index in [0.717, 1.165) is 16.7 Å². The zero-order valence-electron chi connectivity index (χ0n) is 27.8. The van der Waals surface area contributed by atoms with Crippen molar-refractivity contribution in [2.24, 2.45) is 0 Å². The molecule has 1 unspecified atom stereocenters. The van der Waals surface area contributed by atoms with E-state index in [2.05, 4.69) is 5.32 Å². The lowest BCUT2D eigenvalue weighted by atomic mass is 9.96. The molecule has 51 heavy (non-hydrogen) atoms. The molecule has 0 saturated carbocycles. The van der Waals surface area contributed by atoms with Gasteiger partial charge in [-0.1, -0.05) is 115 Å². The van der Waals surface area contributed by atoms with Gasteiger partial charge in [-0.3, -0.25) is 24.1 Å². The lowest BCUT2D eigenvalue weighted by molar-refractivity contribution is -0.155. The number of thioether (sulfide) groups is 1. The number of esters is 2. The van der Waals surface area contributed by atoms with Gasteiger partial charge in [0.05, 0.1) is 12.8 Å². The van der Waals surface area contributed by atoms with E-state index in [1.54, 1.807) is 24.3 Å². The number of carbonyl (C=O) groups is 5. The number of nitrogens with one attached hydrogen (secondary N) is 1. The molecule has 0 radical (unpaired) electrons. The fourth-order valence-electron chi connectivity index (χ4n) is 6.25. The number of hydrogen-bond donors (Lipinski definition) is 2. The summed E-state index contributed by atoms with van der Waals surface area (Å²) in [7, 11) is 0. The van der Waals surface area contributed by atoms with Crippen molar-refractivity contribution in [2.45, 2.75) is 49.8 Å². The second-order valence-corrected chi connectivity index (χ2v) is 13.4. The van der Waals surface area contributed by atoms with Crippen molar-refractivity contribution >= 4 is 41.5 Å². The van der Waals surface area contributed by atoms with Crippen LogP contribution in [0.4, 0.5) is 0 Å². The van der Waals surface area contributed by atoms with E-state index in [-0.39, 0.29) is 30.7 Å². The molecule has 0 aliphatic carbocycles. The summed E-state index contributed by atoms with van der Waals surface area (Å²) < 4.78 is 12.1. The van der Waals surface area contributed by atoms with E-state index in [0.29, 0.717) is 16.7 Å². The number of nitrogens with zero attached hydrogens (tertiary/aromatic N) is 1. The lowest BCUT2D eigenvalue weighted by Crippen LogP contribution is -2.71. The van der Waals surface area contributed by atoms with Crippen molar-refractivity contribution < 1.29 is 38.6 Å². The van der Waals surface area contributed by atoms with E-state index in [1.165, 1.54) is 23.6 Å². The lowest BCUT2D eigenvalue weighted by Gasteiger charge is -2.50. The number of ether oxygens (including phenoxy) is 2. The van der Waals surface area contributed by atoms with Crippen molar-refractivity contribution in [2.75, 3.05) is 5.75 Å². The maximum atomic E-state index is 14.5. The van der Waals surface area contributed by atoms with Crippen LogP contribution in [0.3, 0.4) is 0 Å². The Kier molecular flexibility index (Phi) is 11.0. The second kappa shape index (κ2) is 15.9. The Morgan fingerprint density at radius 3 is 1.88 bits per heavy atom. The van der Waals surface area contributed by atoms with Gasteiger partial charge in [0.25, 0.3) is 5.91 Å². The van der Waals surface area contributed by atoms with Gasteiger partial charge in [0.2, 0.25) is 5.91 Å². The van der Waals surface area contributed by atoms with Crippen molar-refractivity contribution in [1.29, 1.82) is 0 Å². The normalized spacial score (nSPS) is 17.2. The molecule has 10 nitrogen and oxygen atoms in total. The van der Waals surface area contributed by atoms with Gasteiger partial charge in [-0.2, -0.15) is 0 Å². The number of β-lactam (4-membered cyclic amide) rings is 1. The highest BCUT2D eigenvalue weighted by Gasteiger charge is 2.55. The molecule has 3 atom stereocenters. The molecule has 1 saturated heterocycles. The number of carbonyl (C=O) groups excluding carboxylic acids is 4. The number of benzene rings is 4. The molecule has 2 heterocycles. The topological polar surface area (TPSA) is 139 Å². The van der Waals surface area contributed by atoms with Crippen LogP contribution >= 0.6 is 11.8 Å². The molecule has 2 N–H and O–H groups in total. The summed E-state index contributed by atoms with van der Waals surface area (Å²) >= 11 is 1.37. The molecule has 0 aromatic heterocycles. The number of rotatable bonds is 13. The van der Waals surface area contributed by atoms with E-state index >= 15 is 0 Å². The van der Waals surface area contributed by atoms with E-state index in [4.69, 9.17) is 14.6 Å². The minimum Gasteiger partial charge on any atom is -0.481 e. The first-order chi connectivity index (χ1) is 24.7. The molecular formula is C40H36N2O8S. The van der Waals surface area contributed by atoms with E-state index in [9.17, 15) is 24.0 Å². The van der Waals surface area contributed by atoms with Gasteiger partial charge in [-0.15, -0.1) is 11.8 Å². The first kappa shape index (κ1) is 35.2. The zero-order chi connectivity index (χ0) is 35.9. The number of fused-ring (bicyclic) bond motifs is 1. The smallest absolute Gasteiger partial charge is 0.356 e. The standard InChI is InChI=1S/C40H36N2O8S/c1-25(43)49-32(21-26-11-5-2-6-12-26)31-24-51-39-35(41-33(44)22-27-17-19-28(20-18-27)23-34(45)46)38(47)42(39)36(31)40(48)50-37(29-13-7-3-8-14-29)30-15-9-4-10-16-30/h2-20,32,35,37,39H,21-24H2,1H3,(H,41,44)(H,45,46)/t32?,35-,39+/m0/s1. The minimum absolute atomic E-state index is 0.00214. The van der Waals surface area contributed by atoms with Crippen LogP contribution in [0.15, 0.2) is 127 Å². The molecule has 4 aromatic rings. The predicted molar refractivity (Wildman–Crippen MR) is 190 cm³/mol. The van der Waals surface area contributed by atoms with Crippen LogP contribution in [0.2, 0.25) is 0 Å². The zero-order valence-corrected chi connectivity index (χ0v) is 28.6.